The molecule has 2 heterocycles. The molecule has 0 spiro atoms. The molecule has 1 aliphatic heterocycles. The van der Waals surface area contributed by atoms with Crippen molar-refractivity contribution < 1.29 is 17.6 Å². The molecular weight excluding hydrogens is 447 g/mol. The van der Waals surface area contributed by atoms with Crippen LogP contribution in [0.2, 0.25) is 5.02 Å². The summed E-state index contributed by atoms with van der Waals surface area (Å²) in [5, 5.41) is 12.6. The molecule has 9 nitrogen and oxygen atoms in total. The maximum atomic E-state index is 13.9. The largest absolute Gasteiger partial charge is 0.338 e. The number of nitrogens with zero attached hydrogens (tertiary/aromatic N) is 6. The van der Waals surface area contributed by atoms with Gasteiger partial charge in [0.1, 0.15) is 17.3 Å². The summed E-state index contributed by atoms with van der Waals surface area (Å²) in [6.07, 6.45) is 0. The monoisotopic (exact) mass is 464 g/mol. The Bertz CT molecular complexity index is 1190. The summed E-state index contributed by atoms with van der Waals surface area (Å²) in [6.45, 7) is 0.392. The van der Waals surface area contributed by atoms with Gasteiger partial charge in [0.05, 0.1) is 0 Å². The van der Waals surface area contributed by atoms with E-state index in [9.17, 15) is 17.6 Å². The molecule has 31 heavy (non-hydrogen) atoms. The van der Waals surface area contributed by atoms with Crippen molar-refractivity contribution in [1.29, 1.82) is 0 Å². The number of rotatable bonds is 5. The van der Waals surface area contributed by atoms with Crippen LogP contribution in [0.3, 0.4) is 0 Å². The Morgan fingerprint density at radius 1 is 1.03 bits per heavy atom. The van der Waals surface area contributed by atoms with E-state index in [0.29, 0.717) is 10.8 Å². The van der Waals surface area contributed by atoms with Crippen LogP contribution in [0.4, 0.5) is 4.39 Å². The zero-order valence-electron chi connectivity index (χ0n) is 16.2. The first-order chi connectivity index (χ1) is 14.8. The van der Waals surface area contributed by atoms with Crippen molar-refractivity contribution in [3.05, 3.63) is 59.4 Å². The number of amides is 1. The number of halogens is 2. The van der Waals surface area contributed by atoms with Crippen LogP contribution in [-0.4, -0.2) is 69.9 Å². The fraction of sp³-hybridized carbons (Fsp3) is 0.263. The van der Waals surface area contributed by atoms with Crippen LogP contribution in [0.25, 0.3) is 11.4 Å². The molecule has 12 heteroatoms. The summed E-state index contributed by atoms with van der Waals surface area (Å²) in [4.78, 5) is 14.9. The Labute approximate surface area is 183 Å². The molecular formula is C19H18ClFN6O3S. The number of carbonyl (C=O) groups is 1. The maximum absolute atomic E-state index is 13.9. The molecule has 162 valence electrons. The van der Waals surface area contributed by atoms with Gasteiger partial charge in [-0.1, -0.05) is 23.7 Å². The molecule has 0 bridgehead atoms. The zero-order chi connectivity index (χ0) is 22.0. The van der Waals surface area contributed by atoms with E-state index in [1.165, 1.54) is 32.2 Å². The van der Waals surface area contributed by atoms with Crippen LogP contribution < -0.4 is 0 Å². The van der Waals surface area contributed by atoms with Crippen molar-refractivity contribution in [2.75, 3.05) is 26.2 Å². The van der Waals surface area contributed by atoms with Crippen molar-refractivity contribution in [3.8, 4) is 11.4 Å². The highest BCUT2D eigenvalue weighted by molar-refractivity contribution is 7.89. The second kappa shape index (κ2) is 8.69. The lowest BCUT2D eigenvalue weighted by Crippen LogP contribution is -2.51. The van der Waals surface area contributed by atoms with Crippen LogP contribution in [0.5, 0.6) is 0 Å². The second-order valence-corrected chi connectivity index (χ2v) is 9.21. The van der Waals surface area contributed by atoms with E-state index in [-0.39, 0.29) is 43.5 Å². The van der Waals surface area contributed by atoms with Gasteiger partial charge < -0.3 is 4.90 Å². The highest BCUT2D eigenvalue weighted by Crippen LogP contribution is 2.21. The fourth-order valence-electron chi connectivity index (χ4n) is 3.22. The van der Waals surface area contributed by atoms with Crippen LogP contribution in [0.15, 0.2) is 53.4 Å². The average molecular weight is 465 g/mol. The van der Waals surface area contributed by atoms with Gasteiger partial charge in [-0.15, -0.1) is 10.2 Å². The molecule has 0 unspecified atom stereocenters. The first kappa shape index (κ1) is 21.3. The minimum atomic E-state index is -3.96. The van der Waals surface area contributed by atoms with E-state index >= 15 is 0 Å². The van der Waals surface area contributed by atoms with Crippen LogP contribution in [0.1, 0.15) is 0 Å². The van der Waals surface area contributed by atoms with Crippen molar-refractivity contribution in [2.24, 2.45) is 0 Å². The summed E-state index contributed by atoms with van der Waals surface area (Å²) in [7, 11) is -3.96. The summed E-state index contributed by atoms with van der Waals surface area (Å²) < 4.78 is 40.5. The Hall–Kier alpha value is -2.89. The van der Waals surface area contributed by atoms with E-state index in [4.69, 9.17) is 11.6 Å². The lowest BCUT2D eigenvalue weighted by atomic mass is 10.2. The minimum Gasteiger partial charge on any atom is -0.338 e. The standard InChI is InChI=1S/C19H18ClFN6O3S/c20-15-7-5-14(6-8-15)19-22-24-27(23-19)13-18(28)25-9-11-26(12-10-25)31(29,30)17-4-2-1-3-16(17)21/h1-8H,9-13H2. The van der Waals surface area contributed by atoms with Crippen molar-refractivity contribution in [1.82, 2.24) is 29.4 Å². The van der Waals surface area contributed by atoms with Gasteiger partial charge in [-0.2, -0.15) is 9.10 Å². The summed E-state index contributed by atoms with van der Waals surface area (Å²) in [6, 6.07) is 12.2. The number of benzene rings is 2. The van der Waals surface area contributed by atoms with Gasteiger partial charge in [0.25, 0.3) is 0 Å². The molecule has 1 aromatic heterocycles. The van der Waals surface area contributed by atoms with E-state index in [2.05, 4.69) is 15.4 Å². The lowest BCUT2D eigenvalue weighted by Gasteiger charge is -2.33. The Morgan fingerprint density at radius 3 is 2.39 bits per heavy atom. The van der Waals surface area contributed by atoms with Crippen LogP contribution in [-0.2, 0) is 21.4 Å². The van der Waals surface area contributed by atoms with Gasteiger partial charge in [0, 0.05) is 36.8 Å². The predicted molar refractivity (Wildman–Crippen MR) is 110 cm³/mol. The average Bonchev–Trinajstić information content (AvgIpc) is 3.23. The minimum absolute atomic E-state index is 0.0726. The molecule has 0 atom stereocenters. The first-order valence-corrected chi connectivity index (χ1v) is 11.2. The van der Waals surface area contributed by atoms with Gasteiger partial charge in [0.15, 0.2) is 0 Å². The summed E-state index contributed by atoms with van der Waals surface area (Å²) in [5.41, 5.74) is 0.718. The van der Waals surface area contributed by atoms with E-state index < -0.39 is 15.8 Å². The van der Waals surface area contributed by atoms with Crippen LogP contribution in [0, 0.1) is 5.82 Å². The number of hydrogen-bond acceptors (Lipinski definition) is 6. The lowest BCUT2D eigenvalue weighted by molar-refractivity contribution is -0.133. The van der Waals surface area contributed by atoms with Crippen molar-refractivity contribution in [3.63, 3.8) is 0 Å². The summed E-state index contributed by atoms with van der Waals surface area (Å²) >= 11 is 5.87. The van der Waals surface area contributed by atoms with E-state index in [0.717, 1.165) is 11.6 Å². The third-order valence-corrected chi connectivity index (χ3v) is 7.06. The van der Waals surface area contributed by atoms with Gasteiger partial charge in [-0.25, -0.2) is 12.8 Å². The molecule has 3 aromatic rings. The van der Waals surface area contributed by atoms with Gasteiger partial charge in [-0.3, -0.25) is 4.79 Å². The topological polar surface area (TPSA) is 101 Å². The smallest absolute Gasteiger partial charge is 0.246 e. The van der Waals surface area contributed by atoms with Crippen LogP contribution >= 0.6 is 11.6 Å². The molecule has 0 saturated carbocycles. The number of sulfonamides is 1. The fourth-order valence-corrected chi connectivity index (χ4v) is 4.83. The Balaban J connectivity index is 1.37. The molecule has 1 fully saturated rings. The number of piperazine rings is 1. The third kappa shape index (κ3) is 4.58. The second-order valence-electron chi connectivity index (χ2n) is 6.87. The van der Waals surface area contributed by atoms with Gasteiger partial charge in [0.2, 0.25) is 21.8 Å². The van der Waals surface area contributed by atoms with Crippen molar-refractivity contribution in [2.45, 2.75) is 11.4 Å². The predicted octanol–water partition coefficient (Wildman–Crippen LogP) is 1.67. The molecule has 1 aliphatic rings. The van der Waals surface area contributed by atoms with E-state index in [1.54, 1.807) is 24.3 Å². The zero-order valence-corrected chi connectivity index (χ0v) is 17.8. The van der Waals surface area contributed by atoms with Gasteiger partial charge >= 0.3 is 0 Å². The van der Waals surface area contributed by atoms with E-state index in [1.807, 2.05) is 0 Å². The molecule has 0 aliphatic carbocycles. The Morgan fingerprint density at radius 2 is 1.71 bits per heavy atom. The highest BCUT2D eigenvalue weighted by Gasteiger charge is 2.31. The normalized spacial score (nSPS) is 15.2. The molecule has 0 radical (unpaired) electrons. The number of hydrogen-bond donors (Lipinski definition) is 0. The quantitative estimate of drug-likeness (QED) is 0.569. The first-order valence-electron chi connectivity index (χ1n) is 9.41. The van der Waals surface area contributed by atoms with Gasteiger partial charge in [-0.05, 0) is 41.6 Å². The molecule has 0 N–H and O–H groups in total. The SMILES string of the molecule is O=C(Cn1nnc(-c2ccc(Cl)cc2)n1)N1CCN(S(=O)(=O)c2ccccc2F)CC1. The highest BCUT2D eigenvalue weighted by atomic mass is 35.5. The molecule has 2 aromatic carbocycles. The number of tetrazole rings is 1. The Kier molecular flexibility index (Phi) is 5.99. The van der Waals surface area contributed by atoms with Crippen molar-refractivity contribution >= 4 is 27.5 Å². The summed E-state index contributed by atoms with van der Waals surface area (Å²) in [5.74, 6) is -0.692. The molecule has 1 saturated heterocycles. The third-order valence-electron chi connectivity index (χ3n) is 4.88. The molecule has 1 amide bonds. The maximum Gasteiger partial charge on any atom is 0.246 e. The molecule has 4 rings (SSSR count). The number of aromatic nitrogens is 4. The number of carbonyl (C=O) groups excluding carboxylic acids is 1.